The lowest BCUT2D eigenvalue weighted by Crippen LogP contribution is -2.35. The van der Waals surface area contributed by atoms with Gasteiger partial charge in [0.25, 0.3) is 0 Å². The van der Waals surface area contributed by atoms with Gasteiger partial charge in [0, 0.05) is 6.54 Å². The molecule has 0 aromatic carbocycles. The second-order valence-electron chi connectivity index (χ2n) is 3.38. The molecule has 0 aliphatic rings. The van der Waals surface area contributed by atoms with E-state index in [1.807, 2.05) is 25.9 Å². The molecule has 1 N–H and O–H groups in total. The molecule has 0 aliphatic carbocycles. The largest absolute Gasteiger partial charge is 0.379 e. The molecule has 4 nitrogen and oxygen atoms in total. The van der Waals surface area contributed by atoms with Crippen LogP contribution in [0, 0.1) is 0 Å². The van der Waals surface area contributed by atoms with E-state index in [0.717, 1.165) is 13.1 Å². The molecular weight excluding hydrogens is 168 g/mol. The van der Waals surface area contributed by atoms with E-state index in [1.165, 1.54) is 0 Å². The van der Waals surface area contributed by atoms with Gasteiger partial charge in [-0.1, -0.05) is 6.92 Å². The van der Waals surface area contributed by atoms with Crippen LogP contribution in [0.15, 0.2) is 0 Å². The third kappa shape index (κ3) is 6.95. The van der Waals surface area contributed by atoms with Crippen molar-refractivity contribution in [2.45, 2.75) is 20.1 Å². The maximum absolute atomic E-state index is 9.26. The minimum Gasteiger partial charge on any atom is -0.379 e. The highest BCUT2D eigenvalue weighted by Crippen LogP contribution is 1.94. The smallest absolute Gasteiger partial charge is 0.106 e. The molecule has 0 radical (unpaired) electrons. The van der Waals surface area contributed by atoms with Gasteiger partial charge >= 0.3 is 0 Å². The molecule has 4 heteroatoms. The summed E-state index contributed by atoms with van der Waals surface area (Å²) in [4.78, 5) is 3.92. The third-order valence-electron chi connectivity index (χ3n) is 1.87. The van der Waals surface area contributed by atoms with Crippen molar-refractivity contribution in [1.29, 1.82) is 0 Å². The second-order valence-corrected chi connectivity index (χ2v) is 3.38. The molecule has 0 aromatic rings. The van der Waals surface area contributed by atoms with Crippen molar-refractivity contribution in [2.24, 2.45) is 0 Å². The summed E-state index contributed by atoms with van der Waals surface area (Å²) in [6.45, 7) is 6.68. The summed E-state index contributed by atoms with van der Waals surface area (Å²) < 4.78 is 5.38. The van der Waals surface area contributed by atoms with Gasteiger partial charge in [0.2, 0.25) is 0 Å². The molecule has 0 spiro atoms. The molecule has 0 rings (SSSR count). The Kier molecular flexibility index (Phi) is 7.17. The summed E-state index contributed by atoms with van der Waals surface area (Å²) in [6, 6.07) is 0. The Bertz CT molecular complexity index is 118. The predicted molar refractivity (Wildman–Crippen MR) is 53.4 cm³/mol. The normalized spacial score (nSPS) is 14.1. The Balaban J connectivity index is 3.39. The Labute approximate surface area is 81.1 Å². The monoisotopic (exact) mass is 190 g/mol. The topological polar surface area (TPSA) is 35.9 Å². The fraction of sp³-hybridized carbons (Fsp3) is 1.00. The van der Waals surface area contributed by atoms with Crippen LogP contribution in [0.2, 0.25) is 0 Å². The minimum absolute atomic E-state index is 0.427. The third-order valence-corrected chi connectivity index (χ3v) is 1.87. The lowest BCUT2D eigenvalue weighted by Gasteiger charge is -2.23. The Morgan fingerprint density at radius 1 is 1.38 bits per heavy atom. The van der Waals surface area contributed by atoms with Crippen molar-refractivity contribution in [3.63, 3.8) is 0 Å². The molecule has 1 unspecified atom stereocenters. The van der Waals surface area contributed by atoms with Crippen molar-refractivity contribution in [3.8, 4) is 0 Å². The summed E-state index contributed by atoms with van der Waals surface area (Å²) in [5, 5.41) is 9.26. The van der Waals surface area contributed by atoms with Crippen LogP contribution in [0.5, 0.6) is 0 Å². The predicted octanol–water partition coefficient (Wildman–Crippen LogP) is 0.182. The number of aliphatic hydroxyl groups is 1. The van der Waals surface area contributed by atoms with Crippen molar-refractivity contribution in [1.82, 2.24) is 9.80 Å². The SMILES string of the molecule is CCN(COCCN(C)C)C(C)O. The summed E-state index contributed by atoms with van der Waals surface area (Å²) in [7, 11) is 4.02. The highest BCUT2D eigenvalue weighted by molar-refractivity contribution is 4.49. The van der Waals surface area contributed by atoms with E-state index in [2.05, 4.69) is 4.90 Å². The molecule has 0 bridgehead atoms. The van der Waals surface area contributed by atoms with Crippen LogP contribution < -0.4 is 0 Å². The summed E-state index contributed by atoms with van der Waals surface area (Å²) in [5.74, 6) is 0. The van der Waals surface area contributed by atoms with Crippen molar-refractivity contribution >= 4 is 0 Å². The van der Waals surface area contributed by atoms with Crippen LogP contribution >= 0.6 is 0 Å². The fourth-order valence-corrected chi connectivity index (χ4v) is 0.892. The molecule has 1 atom stereocenters. The molecule has 0 aliphatic heterocycles. The van der Waals surface area contributed by atoms with Crippen LogP contribution in [-0.2, 0) is 4.74 Å². The van der Waals surface area contributed by atoms with Crippen molar-refractivity contribution < 1.29 is 9.84 Å². The van der Waals surface area contributed by atoms with Gasteiger partial charge in [-0.3, -0.25) is 4.90 Å². The average molecular weight is 190 g/mol. The number of nitrogens with zero attached hydrogens (tertiary/aromatic N) is 2. The van der Waals surface area contributed by atoms with Gasteiger partial charge in [0.05, 0.1) is 6.61 Å². The van der Waals surface area contributed by atoms with Gasteiger partial charge in [-0.15, -0.1) is 0 Å². The van der Waals surface area contributed by atoms with E-state index in [-0.39, 0.29) is 0 Å². The standard InChI is InChI=1S/C9H22N2O2/c1-5-11(9(2)12)8-13-7-6-10(3)4/h9,12H,5-8H2,1-4H3. The molecule has 0 aromatic heterocycles. The van der Waals surface area contributed by atoms with Crippen LogP contribution in [-0.4, -0.2) is 61.7 Å². The lowest BCUT2D eigenvalue weighted by molar-refractivity contribution is -0.0615. The zero-order valence-corrected chi connectivity index (χ0v) is 9.16. The summed E-state index contributed by atoms with van der Waals surface area (Å²) in [5.41, 5.74) is 0. The first-order chi connectivity index (χ1) is 6.07. The Morgan fingerprint density at radius 3 is 2.38 bits per heavy atom. The van der Waals surface area contributed by atoms with Gasteiger partial charge in [-0.25, -0.2) is 0 Å². The van der Waals surface area contributed by atoms with E-state index in [1.54, 1.807) is 6.92 Å². The number of hydrogen-bond acceptors (Lipinski definition) is 4. The van der Waals surface area contributed by atoms with Gasteiger partial charge in [-0.05, 0) is 27.6 Å². The zero-order valence-electron chi connectivity index (χ0n) is 9.16. The van der Waals surface area contributed by atoms with Gasteiger partial charge < -0.3 is 14.7 Å². The second kappa shape index (κ2) is 7.26. The highest BCUT2D eigenvalue weighted by atomic mass is 16.5. The molecule has 0 saturated heterocycles. The van der Waals surface area contributed by atoms with Gasteiger partial charge in [0.15, 0.2) is 0 Å². The maximum Gasteiger partial charge on any atom is 0.106 e. The number of ether oxygens (including phenoxy) is 1. The number of hydrogen-bond donors (Lipinski definition) is 1. The summed E-state index contributed by atoms with van der Waals surface area (Å²) in [6.07, 6.45) is -0.427. The van der Waals surface area contributed by atoms with Crippen LogP contribution in [0.25, 0.3) is 0 Å². The molecule has 0 saturated carbocycles. The average Bonchev–Trinajstić information content (AvgIpc) is 2.03. The van der Waals surface area contributed by atoms with E-state index in [4.69, 9.17) is 4.74 Å². The van der Waals surface area contributed by atoms with Crippen molar-refractivity contribution in [2.75, 3.05) is 40.5 Å². The summed E-state index contributed by atoms with van der Waals surface area (Å²) >= 11 is 0. The maximum atomic E-state index is 9.26. The number of likely N-dealkylation sites (N-methyl/N-ethyl adjacent to an activating group) is 1. The number of rotatable bonds is 7. The van der Waals surface area contributed by atoms with E-state index in [9.17, 15) is 5.11 Å². The molecule has 0 fully saturated rings. The van der Waals surface area contributed by atoms with Gasteiger partial charge in [0.1, 0.15) is 13.0 Å². The fourth-order valence-electron chi connectivity index (χ4n) is 0.892. The van der Waals surface area contributed by atoms with Crippen LogP contribution in [0.3, 0.4) is 0 Å². The Hall–Kier alpha value is -0.160. The minimum atomic E-state index is -0.427. The first kappa shape index (κ1) is 12.8. The van der Waals surface area contributed by atoms with Crippen molar-refractivity contribution in [3.05, 3.63) is 0 Å². The first-order valence-corrected chi connectivity index (χ1v) is 4.72. The molecule has 13 heavy (non-hydrogen) atoms. The van der Waals surface area contributed by atoms with E-state index < -0.39 is 6.23 Å². The van der Waals surface area contributed by atoms with Crippen LogP contribution in [0.4, 0.5) is 0 Å². The molecule has 0 amide bonds. The number of aliphatic hydroxyl groups excluding tert-OH is 1. The lowest BCUT2D eigenvalue weighted by atomic mass is 10.5. The van der Waals surface area contributed by atoms with Crippen LogP contribution in [0.1, 0.15) is 13.8 Å². The quantitative estimate of drug-likeness (QED) is 0.459. The van der Waals surface area contributed by atoms with E-state index in [0.29, 0.717) is 13.3 Å². The first-order valence-electron chi connectivity index (χ1n) is 4.72. The zero-order chi connectivity index (χ0) is 10.3. The molecule has 80 valence electrons. The highest BCUT2D eigenvalue weighted by Gasteiger charge is 2.07. The van der Waals surface area contributed by atoms with Gasteiger partial charge in [-0.2, -0.15) is 0 Å². The molecular formula is C9H22N2O2. The Morgan fingerprint density at radius 2 is 2.00 bits per heavy atom. The molecule has 0 heterocycles. The van der Waals surface area contributed by atoms with E-state index >= 15 is 0 Å².